The monoisotopic (exact) mass is 355 g/mol. The standard InChI is InChI=1S/C15H16BrF2N3/c1-8(2)14-13(16)15-19-6-5-12(21(15)20-14)10-4-3-9(17)7-11(10)18/h3-4,7-8,12,19H,5-6H2,1-2H3. The lowest BCUT2D eigenvalue weighted by Crippen LogP contribution is -2.25. The number of nitrogens with one attached hydrogen (secondary N) is 1. The highest BCUT2D eigenvalue weighted by Crippen LogP contribution is 2.38. The summed E-state index contributed by atoms with van der Waals surface area (Å²) in [6.45, 7) is 4.85. The third-order valence-electron chi connectivity index (χ3n) is 3.75. The molecule has 1 aromatic heterocycles. The van der Waals surface area contributed by atoms with Gasteiger partial charge in [0.05, 0.1) is 16.2 Å². The van der Waals surface area contributed by atoms with Gasteiger partial charge in [0.1, 0.15) is 17.5 Å². The van der Waals surface area contributed by atoms with Crippen molar-refractivity contribution >= 4 is 21.7 Å². The van der Waals surface area contributed by atoms with Gasteiger partial charge < -0.3 is 5.32 Å². The van der Waals surface area contributed by atoms with Crippen molar-refractivity contribution < 1.29 is 8.78 Å². The molecule has 1 aliphatic rings. The Hall–Kier alpha value is -1.43. The van der Waals surface area contributed by atoms with Gasteiger partial charge in [-0.25, -0.2) is 13.5 Å². The molecule has 2 heterocycles. The molecule has 0 aliphatic carbocycles. The van der Waals surface area contributed by atoms with E-state index in [1.807, 2.05) is 0 Å². The molecule has 112 valence electrons. The van der Waals surface area contributed by atoms with Gasteiger partial charge >= 0.3 is 0 Å². The van der Waals surface area contributed by atoms with Gasteiger partial charge in [-0.3, -0.25) is 0 Å². The number of fused-ring (bicyclic) bond motifs is 1. The van der Waals surface area contributed by atoms with Crippen molar-refractivity contribution in [3.63, 3.8) is 0 Å². The highest BCUT2D eigenvalue weighted by molar-refractivity contribution is 9.10. The maximum Gasteiger partial charge on any atom is 0.139 e. The highest BCUT2D eigenvalue weighted by Gasteiger charge is 2.29. The second-order valence-electron chi connectivity index (χ2n) is 5.54. The molecule has 0 amide bonds. The number of rotatable bonds is 2. The quantitative estimate of drug-likeness (QED) is 0.862. The van der Waals surface area contributed by atoms with Crippen molar-refractivity contribution in [3.05, 3.63) is 45.6 Å². The Morgan fingerprint density at radius 2 is 2.14 bits per heavy atom. The Labute approximate surface area is 130 Å². The molecule has 3 nitrogen and oxygen atoms in total. The second kappa shape index (κ2) is 5.40. The lowest BCUT2D eigenvalue weighted by molar-refractivity contribution is 0.451. The summed E-state index contributed by atoms with van der Waals surface area (Å²) in [5.74, 6) is 0.0390. The first-order valence-electron chi connectivity index (χ1n) is 6.95. The summed E-state index contributed by atoms with van der Waals surface area (Å²) in [6, 6.07) is 3.52. The van der Waals surface area contributed by atoms with Gasteiger partial charge in [0.2, 0.25) is 0 Å². The van der Waals surface area contributed by atoms with Gasteiger partial charge in [0.25, 0.3) is 0 Å². The minimum absolute atomic E-state index is 0.217. The van der Waals surface area contributed by atoms with Crippen LogP contribution in [0.15, 0.2) is 22.7 Å². The van der Waals surface area contributed by atoms with Crippen LogP contribution in [0.2, 0.25) is 0 Å². The maximum atomic E-state index is 14.1. The van der Waals surface area contributed by atoms with Crippen LogP contribution in [0.25, 0.3) is 0 Å². The predicted molar refractivity (Wildman–Crippen MR) is 81.6 cm³/mol. The zero-order valence-electron chi connectivity index (χ0n) is 11.8. The molecule has 0 radical (unpaired) electrons. The fourth-order valence-corrected chi connectivity index (χ4v) is 3.55. The zero-order valence-corrected chi connectivity index (χ0v) is 13.4. The van der Waals surface area contributed by atoms with E-state index in [0.717, 1.165) is 28.6 Å². The molecule has 1 unspecified atom stereocenters. The molecule has 6 heteroatoms. The Morgan fingerprint density at radius 1 is 1.38 bits per heavy atom. The van der Waals surface area contributed by atoms with E-state index in [2.05, 4.69) is 40.2 Å². The first-order valence-corrected chi connectivity index (χ1v) is 7.75. The normalized spacial score (nSPS) is 17.7. The minimum Gasteiger partial charge on any atom is -0.369 e. The molecule has 0 saturated carbocycles. The van der Waals surface area contributed by atoms with Crippen molar-refractivity contribution in [2.75, 3.05) is 11.9 Å². The second-order valence-corrected chi connectivity index (χ2v) is 6.34. The van der Waals surface area contributed by atoms with E-state index < -0.39 is 11.6 Å². The molecule has 1 atom stereocenters. The molecule has 21 heavy (non-hydrogen) atoms. The van der Waals surface area contributed by atoms with Crippen molar-refractivity contribution in [2.45, 2.75) is 32.2 Å². The van der Waals surface area contributed by atoms with Crippen molar-refractivity contribution in [1.29, 1.82) is 0 Å². The lowest BCUT2D eigenvalue weighted by Gasteiger charge is -2.26. The number of hydrogen-bond donors (Lipinski definition) is 1. The van der Waals surface area contributed by atoms with Crippen LogP contribution in [0.4, 0.5) is 14.6 Å². The van der Waals surface area contributed by atoms with E-state index in [1.54, 1.807) is 4.68 Å². The zero-order chi connectivity index (χ0) is 15.1. The van der Waals surface area contributed by atoms with E-state index in [9.17, 15) is 8.78 Å². The average molecular weight is 356 g/mol. The summed E-state index contributed by atoms with van der Waals surface area (Å²) in [7, 11) is 0. The van der Waals surface area contributed by atoms with Gasteiger partial charge in [-0.05, 0) is 34.3 Å². The van der Waals surface area contributed by atoms with Crippen LogP contribution in [0.5, 0.6) is 0 Å². The highest BCUT2D eigenvalue weighted by atomic mass is 79.9. The smallest absolute Gasteiger partial charge is 0.139 e. The molecule has 2 aromatic rings. The number of hydrogen-bond acceptors (Lipinski definition) is 2. The van der Waals surface area contributed by atoms with Gasteiger partial charge in [0.15, 0.2) is 0 Å². The van der Waals surface area contributed by atoms with Gasteiger partial charge in [-0.2, -0.15) is 5.10 Å². The van der Waals surface area contributed by atoms with E-state index in [1.165, 1.54) is 12.1 Å². The number of aromatic nitrogens is 2. The Morgan fingerprint density at radius 3 is 2.81 bits per heavy atom. The molecule has 3 rings (SSSR count). The first-order chi connectivity index (χ1) is 9.99. The summed E-state index contributed by atoms with van der Waals surface area (Å²) < 4.78 is 29.9. The molecule has 1 aliphatic heterocycles. The van der Waals surface area contributed by atoms with Gasteiger partial charge in [0, 0.05) is 18.2 Å². The fourth-order valence-electron chi connectivity index (χ4n) is 2.69. The topological polar surface area (TPSA) is 29.9 Å². The maximum absolute atomic E-state index is 14.1. The summed E-state index contributed by atoms with van der Waals surface area (Å²) in [5.41, 5.74) is 1.41. The third kappa shape index (κ3) is 2.46. The molecular weight excluding hydrogens is 340 g/mol. The molecule has 1 aromatic carbocycles. The van der Waals surface area contributed by atoms with Crippen LogP contribution in [-0.4, -0.2) is 16.3 Å². The SMILES string of the molecule is CC(C)c1nn2c(c1Br)NCCC2c1ccc(F)cc1F. The van der Waals surface area contributed by atoms with Crippen LogP contribution in [0, 0.1) is 11.6 Å². The minimum atomic E-state index is -0.560. The number of nitrogens with zero attached hydrogens (tertiary/aromatic N) is 2. The molecule has 1 N–H and O–H groups in total. The largest absolute Gasteiger partial charge is 0.369 e. The van der Waals surface area contributed by atoms with Crippen LogP contribution in [-0.2, 0) is 0 Å². The Balaban J connectivity index is 2.10. The number of halogens is 3. The van der Waals surface area contributed by atoms with Crippen molar-refractivity contribution in [2.24, 2.45) is 0 Å². The van der Waals surface area contributed by atoms with Crippen LogP contribution < -0.4 is 5.32 Å². The van der Waals surface area contributed by atoms with E-state index in [0.29, 0.717) is 12.0 Å². The number of anilines is 1. The summed E-state index contributed by atoms with van der Waals surface area (Å²) in [5, 5.41) is 7.91. The number of benzene rings is 1. The lowest BCUT2D eigenvalue weighted by atomic mass is 10.0. The van der Waals surface area contributed by atoms with Crippen molar-refractivity contribution in [3.8, 4) is 0 Å². The van der Waals surface area contributed by atoms with Crippen molar-refractivity contribution in [1.82, 2.24) is 9.78 Å². The molecule has 0 spiro atoms. The summed E-state index contributed by atoms with van der Waals surface area (Å²) in [4.78, 5) is 0. The Kier molecular flexibility index (Phi) is 3.73. The third-order valence-corrected chi connectivity index (χ3v) is 4.53. The van der Waals surface area contributed by atoms with Crippen LogP contribution in [0.3, 0.4) is 0 Å². The predicted octanol–water partition coefficient (Wildman–Crippen LogP) is 4.45. The van der Waals surface area contributed by atoms with E-state index in [4.69, 9.17) is 0 Å². The molecule has 0 fully saturated rings. The van der Waals surface area contributed by atoms with E-state index in [-0.39, 0.29) is 12.0 Å². The molecule has 0 bridgehead atoms. The molecular formula is C15H16BrF2N3. The first kappa shape index (κ1) is 14.5. The van der Waals surface area contributed by atoms with Crippen LogP contribution >= 0.6 is 15.9 Å². The van der Waals surface area contributed by atoms with Gasteiger partial charge in [-0.15, -0.1) is 0 Å². The average Bonchev–Trinajstić information content (AvgIpc) is 2.77. The van der Waals surface area contributed by atoms with Gasteiger partial charge in [-0.1, -0.05) is 19.9 Å². The fraction of sp³-hybridized carbons (Fsp3) is 0.400. The summed E-state index contributed by atoms with van der Waals surface area (Å²) in [6.07, 6.45) is 0.710. The Bertz CT molecular complexity index is 682. The summed E-state index contributed by atoms with van der Waals surface area (Å²) >= 11 is 3.57. The van der Waals surface area contributed by atoms with Crippen LogP contribution in [0.1, 0.15) is 43.5 Å². The molecule has 0 saturated heterocycles. The van der Waals surface area contributed by atoms with E-state index >= 15 is 0 Å².